The van der Waals surface area contributed by atoms with Crippen LogP contribution in [0.5, 0.6) is 11.5 Å². The van der Waals surface area contributed by atoms with Crippen LogP contribution in [0.3, 0.4) is 0 Å². The lowest BCUT2D eigenvalue weighted by molar-refractivity contribution is -0.127. The first kappa shape index (κ1) is 24.3. The van der Waals surface area contributed by atoms with Crippen molar-refractivity contribution in [1.82, 2.24) is 9.62 Å². The number of carbonyl (C=O) groups excluding carboxylic acids is 1. The van der Waals surface area contributed by atoms with Gasteiger partial charge < -0.3 is 19.5 Å². The van der Waals surface area contributed by atoms with Crippen LogP contribution in [-0.2, 0) is 19.6 Å². The number of halogens is 1. The van der Waals surface area contributed by atoms with Crippen LogP contribution in [0.15, 0.2) is 47.4 Å². The number of sulfonamides is 1. The van der Waals surface area contributed by atoms with E-state index in [2.05, 4.69) is 5.32 Å². The average molecular weight is 483 g/mol. The number of carbonyl (C=O) groups is 1. The Morgan fingerprint density at radius 2 is 1.81 bits per heavy atom. The second-order valence-electron chi connectivity index (χ2n) is 7.30. The minimum atomic E-state index is -3.54. The van der Waals surface area contributed by atoms with Crippen molar-refractivity contribution < 1.29 is 27.4 Å². The molecule has 0 saturated carbocycles. The van der Waals surface area contributed by atoms with Crippen LogP contribution in [0, 0.1) is 6.92 Å². The first-order chi connectivity index (χ1) is 15.3. The van der Waals surface area contributed by atoms with Gasteiger partial charge in [-0.3, -0.25) is 4.79 Å². The van der Waals surface area contributed by atoms with E-state index in [9.17, 15) is 13.2 Å². The highest BCUT2D eigenvalue weighted by atomic mass is 35.5. The zero-order valence-corrected chi connectivity index (χ0v) is 19.6. The largest absolute Gasteiger partial charge is 0.492 e. The summed E-state index contributed by atoms with van der Waals surface area (Å²) in [4.78, 5) is 12.4. The van der Waals surface area contributed by atoms with Crippen LogP contribution < -0.4 is 14.8 Å². The molecule has 2 aromatic rings. The Morgan fingerprint density at radius 1 is 1.16 bits per heavy atom. The van der Waals surface area contributed by atoms with Gasteiger partial charge in [0.05, 0.1) is 24.7 Å². The summed E-state index contributed by atoms with van der Waals surface area (Å²) < 4.78 is 43.1. The van der Waals surface area contributed by atoms with Crippen molar-refractivity contribution in [3.63, 3.8) is 0 Å². The lowest BCUT2D eigenvalue weighted by Crippen LogP contribution is -2.40. The number of benzene rings is 2. The predicted molar refractivity (Wildman–Crippen MR) is 121 cm³/mol. The van der Waals surface area contributed by atoms with E-state index in [0.29, 0.717) is 42.8 Å². The second-order valence-corrected chi connectivity index (χ2v) is 9.64. The molecule has 8 nitrogen and oxygen atoms in total. The molecule has 1 aliphatic heterocycles. The molecule has 0 aliphatic carbocycles. The Bertz CT molecular complexity index is 1020. The molecular formula is C22H27ClN2O6S. The molecule has 1 aliphatic rings. The molecule has 0 radical (unpaired) electrons. The normalized spacial score (nSPS) is 15.7. The molecule has 0 bridgehead atoms. The van der Waals surface area contributed by atoms with Gasteiger partial charge >= 0.3 is 0 Å². The summed E-state index contributed by atoms with van der Waals surface area (Å²) in [6.45, 7) is 5.52. The van der Waals surface area contributed by atoms with Crippen molar-refractivity contribution in [3.05, 3.63) is 53.1 Å². The number of morpholine rings is 1. The first-order valence-electron chi connectivity index (χ1n) is 10.3. The zero-order valence-electron chi connectivity index (χ0n) is 18.0. The van der Waals surface area contributed by atoms with Gasteiger partial charge in [-0.15, -0.1) is 0 Å². The van der Waals surface area contributed by atoms with E-state index in [4.69, 9.17) is 25.8 Å². The summed E-state index contributed by atoms with van der Waals surface area (Å²) in [5.41, 5.74) is 0.869. The van der Waals surface area contributed by atoms with E-state index >= 15 is 0 Å². The predicted octanol–water partition coefficient (Wildman–Crippen LogP) is 2.63. The molecule has 1 heterocycles. The minimum Gasteiger partial charge on any atom is -0.492 e. The Morgan fingerprint density at radius 3 is 2.47 bits per heavy atom. The third kappa shape index (κ3) is 6.35. The molecule has 1 saturated heterocycles. The van der Waals surface area contributed by atoms with Gasteiger partial charge in [-0.2, -0.15) is 4.31 Å². The minimum absolute atomic E-state index is 0.212. The number of nitrogens with zero attached hydrogens (tertiary/aromatic N) is 1. The molecule has 1 N–H and O–H groups in total. The highest BCUT2D eigenvalue weighted by molar-refractivity contribution is 7.89. The topological polar surface area (TPSA) is 94.2 Å². The first-order valence-corrected chi connectivity index (χ1v) is 12.1. The SMILES string of the molecule is Cc1cc(O[C@@H](C)C(=O)NCCOc2ccc(S(=O)(=O)N3CCOCC3)cc2)ccc1Cl. The van der Waals surface area contributed by atoms with Crippen molar-refractivity contribution >= 4 is 27.5 Å². The fraction of sp³-hybridized carbons (Fsp3) is 0.409. The summed E-state index contributed by atoms with van der Waals surface area (Å²) in [5, 5.41) is 3.39. The molecule has 32 heavy (non-hydrogen) atoms. The molecule has 174 valence electrons. The third-order valence-electron chi connectivity index (χ3n) is 4.91. The second kappa shape index (κ2) is 11.0. The summed E-state index contributed by atoms with van der Waals surface area (Å²) in [6, 6.07) is 11.4. The summed E-state index contributed by atoms with van der Waals surface area (Å²) in [7, 11) is -3.54. The van der Waals surface area contributed by atoms with Crippen molar-refractivity contribution in [3.8, 4) is 11.5 Å². The number of hydrogen-bond donors (Lipinski definition) is 1. The van der Waals surface area contributed by atoms with Crippen LogP contribution in [0.25, 0.3) is 0 Å². The van der Waals surface area contributed by atoms with Gasteiger partial charge in [0.25, 0.3) is 5.91 Å². The average Bonchev–Trinajstić information content (AvgIpc) is 2.80. The summed E-state index contributed by atoms with van der Waals surface area (Å²) in [6.07, 6.45) is -0.680. The fourth-order valence-corrected chi connectivity index (χ4v) is 4.60. The lowest BCUT2D eigenvalue weighted by Gasteiger charge is -2.26. The zero-order chi connectivity index (χ0) is 23.1. The number of aryl methyl sites for hydroxylation is 1. The van der Waals surface area contributed by atoms with Crippen LogP contribution >= 0.6 is 11.6 Å². The molecule has 10 heteroatoms. The number of nitrogens with one attached hydrogen (secondary N) is 1. The van der Waals surface area contributed by atoms with Crippen LogP contribution in [-0.4, -0.2) is 64.2 Å². The van der Waals surface area contributed by atoms with Gasteiger partial charge in [-0.05, 0) is 61.9 Å². The molecule has 1 atom stereocenters. The van der Waals surface area contributed by atoms with E-state index in [-0.39, 0.29) is 24.0 Å². The lowest BCUT2D eigenvalue weighted by atomic mass is 10.2. The molecule has 1 fully saturated rings. The van der Waals surface area contributed by atoms with Crippen LogP contribution in [0.2, 0.25) is 5.02 Å². The van der Waals surface area contributed by atoms with Gasteiger partial charge in [0.1, 0.15) is 18.1 Å². The quantitative estimate of drug-likeness (QED) is 0.552. The summed E-state index contributed by atoms with van der Waals surface area (Å²) >= 11 is 6.00. The van der Waals surface area contributed by atoms with Crippen LogP contribution in [0.1, 0.15) is 12.5 Å². The highest BCUT2D eigenvalue weighted by Crippen LogP contribution is 2.22. The number of ether oxygens (including phenoxy) is 3. The van der Waals surface area contributed by atoms with E-state index in [1.807, 2.05) is 6.92 Å². The molecule has 0 aromatic heterocycles. The van der Waals surface area contributed by atoms with Gasteiger partial charge in [-0.25, -0.2) is 8.42 Å². The third-order valence-corrected chi connectivity index (χ3v) is 7.25. The van der Waals surface area contributed by atoms with Gasteiger partial charge in [0.15, 0.2) is 6.10 Å². The molecule has 0 spiro atoms. The Balaban J connectivity index is 1.43. The maximum atomic E-state index is 12.6. The van der Waals surface area contributed by atoms with E-state index < -0.39 is 16.1 Å². The fourth-order valence-electron chi connectivity index (χ4n) is 3.08. The molecule has 2 aromatic carbocycles. The number of amides is 1. The van der Waals surface area contributed by atoms with E-state index in [1.54, 1.807) is 37.3 Å². The Kier molecular flexibility index (Phi) is 8.36. The van der Waals surface area contributed by atoms with Crippen molar-refractivity contribution in [2.75, 3.05) is 39.5 Å². The number of hydrogen-bond acceptors (Lipinski definition) is 6. The smallest absolute Gasteiger partial charge is 0.260 e. The molecule has 0 unspecified atom stereocenters. The molecular weight excluding hydrogens is 456 g/mol. The van der Waals surface area contributed by atoms with Crippen LogP contribution in [0.4, 0.5) is 0 Å². The van der Waals surface area contributed by atoms with Crippen molar-refractivity contribution in [1.29, 1.82) is 0 Å². The maximum absolute atomic E-state index is 12.6. The highest BCUT2D eigenvalue weighted by Gasteiger charge is 2.26. The van der Waals surface area contributed by atoms with Crippen molar-refractivity contribution in [2.45, 2.75) is 24.8 Å². The van der Waals surface area contributed by atoms with E-state index in [0.717, 1.165) is 5.56 Å². The Labute approximate surface area is 193 Å². The van der Waals surface area contributed by atoms with Gasteiger partial charge in [0.2, 0.25) is 10.0 Å². The standard InChI is InChI=1S/C22H27ClN2O6S/c1-16-15-19(5-8-21(16)23)31-17(2)22(26)24-9-12-30-18-3-6-20(7-4-18)32(27,28)25-10-13-29-14-11-25/h3-8,15,17H,9-14H2,1-2H3,(H,24,26)/t17-/m0/s1. The van der Waals surface area contributed by atoms with Crippen molar-refractivity contribution in [2.24, 2.45) is 0 Å². The van der Waals surface area contributed by atoms with Gasteiger partial charge in [0, 0.05) is 18.1 Å². The monoisotopic (exact) mass is 482 g/mol. The molecule has 1 amide bonds. The maximum Gasteiger partial charge on any atom is 0.260 e. The van der Waals surface area contributed by atoms with Gasteiger partial charge in [-0.1, -0.05) is 11.6 Å². The summed E-state index contributed by atoms with van der Waals surface area (Å²) in [5.74, 6) is 0.812. The van der Waals surface area contributed by atoms with E-state index in [1.165, 1.54) is 16.4 Å². The Hall–Kier alpha value is -2.33. The molecule has 3 rings (SSSR count). The number of rotatable bonds is 9.